The highest BCUT2D eigenvalue weighted by atomic mass is 35.5. The van der Waals surface area contributed by atoms with Crippen LogP contribution in [0.4, 0.5) is 11.4 Å². The number of thioether (sulfide) groups is 1. The van der Waals surface area contributed by atoms with Gasteiger partial charge in [-0.1, -0.05) is 46.9 Å². The Labute approximate surface area is 191 Å². The summed E-state index contributed by atoms with van der Waals surface area (Å²) in [4.78, 5) is 24.9. The first-order valence-electron chi connectivity index (χ1n) is 8.38. The van der Waals surface area contributed by atoms with Crippen LogP contribution in [0.25, 0.3) is 0 Å². The number of thiophene rings is 1. The van der Waals surface area contributed by atoms with Crippen LogP contribution in [0.15, 0.2) is 53.9 Å². The van der Waals surface area contributed by atoms with Crippen LogP contribution in [-0.4, -0.2) is 17.6 Å². The van der Waals surface area contributed by atoms with Gasteiger partial charge < -0.3 is 10.6 Å². The minimum atomic E-state index is -0.225. The van der Waals surface area contributed by atoms with Crippen molar-refractivity contribution in [3.8, 4) is 0 Å². The standard InChI is InChI=1S/C20H15Cl3N2O2S2/c21-14-5-3-12(8-15(14)22)10-28-11-19(26)24-13-4-6-17(16(23)9-13)25-20(27)18-2-1-7-29-18/h1-9H,10-11H2,(H,24,26)(H,25,27). The highest BCUT2D eigenvalue weighted by Gasteiger charge is 2.11. The monoisotopic (exact) mass is 484 g/mol. The number of hydrogen-bond donors (Lipinski definition) is 2. The number of nitrogens with one attached hydrogen (secondary N) is 2. The van der Waals surface area contributed by atoms with Crippen molar-refractivity contribution in [1.29, 1.82) is 0 Å². The van der Waals surface area contributed by atoms with Gasteiger partial charge in [-0.15, -0.1) is 23.1 Å². The second-order valence-corrected chi connectivity index (χ2v) is 9.07. The summed E-state index contributed by atoms with van der Waals surface area (Å²) < 4.78 is 0. The van der Waals surface area contributed by atoms with E-state index in [1.807, 2.05) is 11.4 Å². The highest BCUT2D eigenvalue weighted by Crippen LogP contribution is 2.27. The van der Waals surface area contributed by atoms with Gasteiger partial charge in [0.2, 0.25) is 5.91 Å². The molecule has 1 aromatic heterocycles. The summed E-state index contributed by atoms with van der Waals surface area (Å²) in [6, 6.07) is 13.9. The number of carbonyl (C=O) groups is 2. The molecule has 150 valence electrons. The lowest BCUT2D eigenvalue weighted by Crippen LogP contribution is -2.14. The lowest BCUT2D eigenvalue weighted by atomic mass is 10.2. The van der Waals surface area contributed by atoms with E-state index in [9.17, 15) is 9.59 Å². The molecule has 0 saturated carbocycles. The van der Waals surface area contributed by atoms with E-state index >= 15 is 0 Å². The normalized spacial score (nSPS) is 10.6. The zero-order chi connectivity index (χ0) is 20.8. The summed E-state index contributed by atoms with van der Waals surface area (Å²) in [7, 11) is 0. The topological polar surface area (TPSA) is 58.2 Å². The third-order valence-corrected chi connectivity index (χ3v) is 6.66. The predicted octanol–water partition coefficient (Wildman–Crippen LogP) is 6.83. The first-order valence-corrected chi connectivity index (χ1v) is 11.5. The molecule has 0 aliphatic rings. The van der Waals surface area contributed by atoms with E-state index in [0.717, 1.165) is 5.56 Å². The fraction of sp³-hybridized carbons (Fsp3) is 0.100. The predicted molar refractivity (Wildman–Crippen MR) is 125 cm³/mol. The van der Waals surface area contributed by atoms with Gasteiger partial charge in [-0.25, -0.2) is 0 Å². The number of halogens is 3. The Balaban J connectivity index is 1.50. The van der Waals surface area contributed by atoms with Gasteiger partial charge in [-0.3, -0.25) is 9.59 Å². The van der Waals surface area contributed by atoms with Gasteiger partial charge in [-0.05, 0) is 47.3 Å². The average molecular weight is 486 g/mol. The lowest BCUT2D eigenvalue weighted by molar-refractivity contribution is -0.113. The number of benzene rings is 2. The van der Waals surface area contributed by atoms with E-state index in [0.29, 0.717) is 37.1 Å². The first kappa shape index (κ1) is 22.0. The van der Waals surface area contributed by atoms with Crippen molar-refractivity contribution in [2.24, 2.45) is 0 Å². The molecule has 0 saturated heterocycles. The SMILES string of the molecule is O=C(CSCc1ccc(Cl)c(Cl)c1)Nc1ccc(NC(=O)c2cccs2)c(Cl)c1. The maximum Gasteiger partial charge on any atom is 0.265 e. The summed E-state index contributed by atoms with van der Waals surface area (Å²) >= 11 is 20.9. The number of anilines is 2. The largest absolute Gasteiger partial charge is 0.325 e. The number of carbonyl (C=O) groups excluding carboxylic acids is 2. The molecule has 3 aromatic rings. The molecule has 0 unspecified atom stereocenters. The van der Waals surface area contributed by atoms with Crippen LogP contribution in [0.3, 0.4) is 0 Å². The van der Waals surface area contributed by atoms with Crippen LogP contribution in [0, 0.1) is 0 Å². The Bertz CT molecular complexity index is 1030. The molecule has 1 heterocycles. The van der Waals surface area contributed by atoms with Crippen molar-refractivity contribution >= 4 is 81.1 Å². The number of amides is 2. The first-order chi connectivity index (χ1) is 13.9. The van der Waals surface area contributed by atoms with E-state index < -0.39 is 0 Å². The second-order valence-electron chi connectivity index (χ2n) is 5.92. The Morgan fingerprint density at radius 2 is 1.76 bits per heavy atom. The van der Waals surface area contributed by atoms with E-state index in [2.05, 4.69) is 10.6 Å². The van der Waals surface area contributed by atoms with Gasteiger partial charge in [-0.2, -0.15) is 0 Å². The molecule has 0 bridgehead atoms. The molecular weight excluding hydrogens is 471 g/mol. The van der Waals surface area contributed by atoms with Crippen molar-refractivity contribution in [2.75, 3.05) is 16.4 Å². The van der Waals surface area contributed by atoms with Crippen LogP contribution in [0.1, 0.15) is 15.2 Å². The van der Waals surface area contributed by atoms with E-state index in [1.54, 1.807) is 42.5 Å². The molecule has 2 amide bonds. The minimum Gasteiger partial charge on any atom is -0.325 e. The maximum absolute atomic E-state index is 12.2. The Hall–Kier alpha value is -1.70. The molecule has 2 aromatic carbocycles. The van der Waals surface area contributed by atoms with Crippen LogP contribution >= 0.6 is 57.9 Å². The second kappa shape index (κ2) is 10.4. The molecule has 0 aliphatic carbocycles. The van der Waals surface area contributed by atoms with Gasteiger partial charge in [0.05, 0.1) is 31.4 Å². The maximum atomic E-state index is 12.2. The summed E-state index contributed by atoms with van der Waals surface area (Å²) in [6.07, 6.45) is 0. The summed E-state index contributed by atoms with van der Waals surface area (Å²) in [5, 5.41) is 8.72. The molecule has 9 heteroatoms. The average Bonchev–Trinajstić information content (AvgIpc) is 3.22. The minimum absolute atomic E-state index is 0.151. The van der Waals surface area contributed by atoms with Gasteiger partial charge in [0, 0.05) is 11.4 Å². The van der Waals surface area contributed by atoms with Gasteiger partial charge in [0.1, 0.15) is 0 Å². The Kier molecular flexibility index (Phi) is 7.86. The van der Waals surface area contributed by atoms with E-state index in [1.165, 1.54) is 23.1 Å². The summed E-state index contributed by atoms with van der Waals surface area (Å²) in [6.45, 7) is 0. The van der Waals surface area contributed by atoms with Crippen LogP contribution in [-0.2, 0) is 10.5 Å². The lowest BCUT2D eigenvalue weighted by Gasteiger charge is -2.10. The fourth-order valence-electron chi connectivity index (χ4n) is 2.37. The molecule has 0 radical (unpaired) electrons. The molecule has 0 fully saturated rings. The third-order valence-electron chi connectivity index (χ3n) is 3.73. The van der Waals surface area contributed by atoms with Crippen molar-refractivity contribution in [3.63, 3.8) is 0 Å². The molecule has 0 atom stereocenters. The number of rotatable bonds is 7. The molecule has 4 nitrogen and oxygen atoms in total. The van der Waals surface area contributed by atoms with Crippen LogP contribution in [0.5, 0.6) is 0 Å². The molecule has 0 spiro atoms. The molecular formula is C20H15Cl3N2O2S2. The molecule has 29 heavy (non-hydrogen) atoms. The summed E-state index contributed by atoms with van der Waals surface area (Å²) in [5.41, 5.74) is 2.03. The van der Waals surface area contributed by atoms with Crippen molar-refractivity contribution in [1.82, 2.24) is 0 Å². The van der Waals surface area contributed by atoms with Crippen molar-refractivity contribution < 1.29 is 9.59 Å². The van der Waals surface area contributed by atoms with Crippen molar-refractivity contribution in [3.05, 3.63) is 79.4 Å². The fourth-order valence-corrected chi connectivity index (χ4v) is 4.32. The quantitative estimate of drug-likeness (QED) is 0.385. The molecule has 2 N–H and O–H groups in total. The number of hydrogen-bond acceptors (Lipinski definition) is 4. The van der Waals surface area contributed by atoms with E-state index in [-0.39, 0.29) is 17.6 Å². The highest BCUT2D eigenvalue weighted by molar-refractivity contribution is 7.99. The van der Waals surface area contributed by atoms with Crippen LogP contribution < -0.4 is 10.6 Å². The molecule has 3 rings (SSSR count). The zero-order valence-electron chi connectivity index (χ0n) is 14.9. The van der Waals surface area contributed by atoms with Crippen molar-refractivity contribution in [2.45, 2.75) is 5.75 Å². The zero-order valence-corrected chi connectivity index (χ0v) is 18.8. The van der Waals surface area contributed by atoms with Gasteiger partial charge in [0.15, 0.2) is 0 Å². The third kappa shape index (κ3) is 6.39. The Morgan fingerprint density at radius 3 is 2.45 bits per heavy atom. The smallest absolute Gasteiger partial charge is 0.265 e. The summed E-state index contributed by atoms with van der Waals surface area (Å²) in [5.74, 6) is 0.534. The van der Waals surface area contributed by atoms with Crippen LogP contribution in [0.2, 0.25) is 15.1 Å². The van der Waals surface area contributed by atoms with Gasteiger partial charge >= 0.3 is 0 Å². The Morgan fingerprint density at radius 1 is 0.931 bits per heavy atom. The molecule has 0 aliphatic heterocycles. The van der Waals surface area contributed by atoms with E-state index in [4.69, 9.17) is 34.8 Å². The van der Waals surface area contributed by atoms with Gasteiger partial charge in [0.25, 0.3) is 5.91 Å².